The van der Waals surface area contributed by atoms with Gasteiger partial charge in [0.05, 0.1) is 6.10 Å². The van der Waals surface area contributed by atoms with Crippen molar-refractivity contribution in [2.45, 2.75) is 57.2 Å². The number of nitrogens with one attached hydrogen (secondary N) is 1. The molecule has 1 heterocycles. The molecule has 2 aromatic carbocycles. The number of Topliss-reactive ketones (excluding diaryl/α,β-unsaturated/α-hetero) is 1. The van der Waals surface area contributed by atoms with Crippen LogP contribution in [0.4, 0.5) is 0 Å². The van der Waals surface area contributed by atoms with Gasteiger partial charge in [0.1, 0.15) is 18.6 Å². The zero-order valence-corrected chi connectivity index (χ0v) is 19.2. The molecule has 0 aliphatic carbocycles. The van der Waals surface area contributed by atoms with Gasteiger partial charge in [0.2, 0.25) is 5.75 Å². The third-order valence-corrected chi connectivity index (χ3v) is 5.88. The molecular formula is C25H34N2O7. The molecule has 1 atom stereocenters. The number of aromatic hydroxyl groups is 3. The van der Waals surface area contributed by atoms with Crippen LogP contribution in [0, 0.1) is 0 Å². The van der Waals surface area contributed by atoms with Crippen LogP contribution in [-0.2, 0) is 17.6 Å². The van der Waals surface area contributed by atoms with E-state index >= 15 is 0 Å². The molecule has 9 heteroatoms. The molecule has 0 spiro atoms. The fourth-order valence-corrected chi connectivity index (χ4v) is 3.98. The number of hydrogen-bond acceptors (Lipinski definition) is 9. The molecule has 1 aliphatic heterocycles. The normalized spacial score (nSPS) is 15.1. The number of rotatable bonds is 12. The quantitative estimate of drug-likeness (QED) is 0.200. The predicted molar refractivity (Wildman–Crippen MR) is 126 cm³/mol. The van der Waals surface area contributed by atoms with E-state index in [1.54, 1.807) is 18.2 Å². The van der Waals surface area contributed by atoms with E-state index in [1.807, 2.05) is 0 Å². The van der Waals surface area contributed by atoms with Crippen LogP contribution in [0.2, 0.25) is 0 Å². The van der Waals surface area contributed by atoms with Gasteiger partial charge in [-0.1, -0.05) is 6.07 Å². The van der Waals surface area contributed by atoms with Crippen molar-refractivity contribution in [3.05, 3.63) is 41.5 Å². The van der Waals surface area contributed by atoms with E-state index in [0.29, 0.717) is 24.8 Å². The smallest absolute Gasteiger partial charge is 0.200 e. The van der Waals surface area contributed by atoms with Crippen molar-refractivity contribution in [2.75, 3.05) is 19.8 Å². The van der Waals surface area contributed by atoms with E-state index < -0.39 is 6.10 Å². The summed E-state index contributed by atoms with van der Waals surface area (Å²) in [6.45, 7) is 1.62. The molecule has 0 amide bonds. The number of phenolic OH excluding ortho intramolecular Hbond substituents is 3. The first-order valence-corrected chi connectivity index (χ1v) is 11.6. The maximum absolute atomic E-state index is 12.3. The molecule has 0 bridgehead atoms. The molecule has 0 unspecified atom stereocenters. The lowest BCUT2D eigenvalue weighted by Gasteiger charge is -2.24. The SMILES string of the molecule is NCOc1cc(CCC(=O)C[C@H](O)CCc2cc(O)c(O)c(OC3CCNCC3)c2)ccc1O. The molecule has 9 nitrogen and oxygen atoms in total. The summed E-state index contributed by atoms with van der Waals surface area (Å²) in [5.41, 5.74) is 6.88. The third-order valence-electron chi connectivity index (χ3n) is 5.88. The number of aliphatic hydroxyl groups is 1. The van der Waals surface area contributed by atoms with Crippen LogP contribution in [-0.4, -0.2) is 58.2 Å². The topological polar surface area (TPSA) is 154 Å². The van der Waals surface area contributed by atoms with Crippen molar-refractivity contribution in [3.8, 4) is 28.7 Å². The number of ether oxygens (including phenoxy) is 2. The second-order valence-corrected chi connectivity index (χ2v) is 8.58. The number of ketones is 1. The second-order valence-electron chi connectivity index (χ2n) is 8.58. The number of carbonyl (C=O) groups excluding carboxylic acids is 1. The highest BCUT2D eigenvalue weighted by Crippen LogP contribution is 2.38. The fourth-order valence-electron chi connectivity index (χ4n) is 3.98. The lowest BCUT2D eigenvalue weighted by atomic mass is 9.99. The largest absolute Gasteiger partial charge is 0.504 e. The first-order valence-electron chi connectivity index (χ1n) is 11.6. The maximum atomic E-state index is 12.3. The van der Waals surface area contributed by atoms with Gasteiger partial charge in [-0.2, -0.15) is 0 Å². The Morgan fingerprint density at radius 1 is 1.03 bits per heavy atom. The van der Waals surface area contributed by atoms with E-state index in [9.17, 15) is 25.2 Å². The molecule has 1 saturated heterocycles. The summed E-state index contributed by atoms with van der Waals surface area (Å²) in [7, 11) is 0. The Hall–Kier alpha value is -3.01. The van der Waals surface area contributed by atoms with Gasteiger partial charge in [-0.15, -0.1) is 0 Å². The standard InChI is InChI=1S/C25H34N2O7/c26-15-33-23-12-16(3-6-21(23)30)1-4-18(28)14-19(29)5-2-17-11-22(31)25(32)24(13-17)34-20-7-9-27-10-8-20/h3,6,11-13,19-20,27,29-32H,1-2,4-5,7-10,14-15,26H2/t19-/m1/s1. The molecule has 1 fully saturated rings. The Morgan fingerprint density at radius 3 is 2.50 bits per heavy atom. The van der Waals surface area contributed by atoms with Gasteiger partial charge >= 0.3 is 0 Å². The highest BCUT2D eigenvalue weighted by molar-refractivity contribution is 5.79. The summed E-state index contributed by atoms with van der Waals surface area (Å²) < 4.78 is 11.0. The van der Waals surface area contributed by atoms with Crippen molar-refractivity contribution in [1.82, 2.24) is 5.32 Å². The van der Waals surface area contributed by atoms with Crippen LogP contribution >= 0.6 is 0 Å². The third kappa shape index (κ3) is 7.51. The molecule has 7 N–H and O–H groups in total. The van der Waals surface area contributed by atoms with Gasteiger partial charge in [-0.05, 0) is 80.6 Å². The van der Waals surface area contributed by atoms with Gasteiger partial charge in [0.25, 0.3) is 0 Å². The van der Waals surface area contributed by atoms with Crippen LogP contribution in [0.25, 0.3) is 0 Å². The fraction of sp³-hybridized carbons (Fsp3) is 0.480. The van der Waals surface area contributed by atoms with Gasteiger partial charge in [-0.3, -0.25) is 10.5 Å². The molecule has 0 saturated carbocycles. The number of piperidine rings is 1. The van der Waals surface area contributed by atoms with Gasteiger partial charge in [0, 0.05) is 12.8 Å². The molecule has 0 aromatic heterocycles. The van der Waals surface area contributed by atoms with Crippen molar-refractivity contribution in [1.29, 1.82) is 0 Å². The van der Waals surface area contributed by atoms with E-state index in [0.717, 1.165) is 31.5 Å². The summed E-state index contributed by atoms with van der Waals surface area (Å²) in [6.07, 6.45) is 2.25. The first kappa shape index (κ1) is 25.6. The summed E-state index contributed by atoms with van der Waals surface area (Å²) in [6, 6.07) is 7.98. The zero-order valence-electron chi connectivity index (χ0n) is 19.2. The van der Waals surface area contributed by atoms with Crippen LogP contribution in [0.15, 0.2) is 30.3 Å². The minimum absolute atomic E-state index is 0.0134. The molecule has 2 aromatic rings. The van der Waals surface area contributed by atoms with E-state index in [1.165, 1.54) is 12.1 Å². The lowest BCUT2D eigenvalue weighted by molar-refractivity contribution is -0.121. The molecule has 0 radical (unpaired) electrons. The summed E-state index contributed by atoms with van der Waals surface area (Å²) in [4.78, 5) is 12.3. The Balaban J connectivity index is 1.48. The molecule has 34 heavy (non-hydrogen) atoms. The highest BCUT2D eigenvalue weighted by atomic mass is 16.5. The minimum Gasteiger partial charge on any atom is -0.504 e. The average molecular weight is 475 g/mol. The number of aliphatic hydroxyl groups excluding tert-OH is 1. The summed E-state index contributed by atoms with van der Waals surface area (Å²) in [5.74, 6) is -0.135. The van der Waals surface area contributed by atoms with Crippen LogP contribution in [0.1, 0.15) is 43.2 Å². The van der Waals surface area contributed by atoms with Crippen molar-refractivity contribution in [2.24, 2.45) is 5.73 Å². The molecule has 3 rings (SSSR count). The molecular weight excluding hydrogens is 440 g/mol. The summed E-state index contributed by atoms with van der Waals surface area (Å²) in [5, 5.41) is 43.5. The van der Waals surface area contributed by atoms with Crippen molar-refractivity contribution >= 4 is 5.78 Å². The highest BCUT2D eigenvalue weighted by Gasteiger charge is 2.19. The first-order chi connectivity index (χ1) is 16.4. The minimum atomic E-state index is -0.826. The Morgan fingerprint density at radius 2 is 1.76 bits per heavy atom. The lowest BCUT2D eigenvalue weighted by Crippen LogP contribution is -2.34. The maximum Gasteiger partial charge on any atom is 0.200 e. The number of carbonyl (C=O) groups is 1. The Kier molecular flexibility index (Phi) is 9.38. The van der Waals surface area contributed by atoms with E-state index in [-0.39, 0.29) is 60.2 Å². The second kappa shape index (κ2) is 12.5. The number of phenols is 3. The van der Waals surface area contributed by atoms with Crippen molar-refractivity contribution in [3.63, 3.8) is 0 Å². The average Bonchev–Trinajstić information content (AvgIpc) is 2.82. The number of nitrogens with two attached hydrogens (primary N) is 1. The molecule has 186 valence electrons. The van der Waals surface area contributed by atoms with Gasteiger partial charge in [0.15, 0.2) is 23.0 Å². The van der Waals surface area contributed by atoms with Gasteiger partial charge in [-0.25, -0.2) is 0 Å². The molecule has 1 aliphatic rings. The van der Waals surface area contributed by atoms with Crippen LogP contribution in [0.5, 0.6) is 28.7 Å². The number of benzene rings is 2. The van der Waals surface area contributed by atoms with Gasteiger partial charge < -0.3 is 35.2 Å². The van der Waals surface area contributed by atoms with Crippen LogP contribution < -0.4 is 20.5 Å². The van der Waals surface area contributed by atoms with E-state index in [4.69, 9.17) is 15.2 Å². The van der Waals surface area contributed by atoms with Crippen LogP contribution in [0.3, 0.4) is 0 Å². The Bertz CT molecular complexity index is 961. The number of hydrogen-bond donors (Lipinski definition) is 6. The number of aryl methyl sites for hydroxylation is 2. The van der Waals surface area contributed by atoms with Crippen molar-refractivity contribution < 1.29 is 34.7 Å². The monoisotopic (exact) mass is 474 g/mol. The zero-order chi connectivity index (χ0) is 24.5. The summed E-state index contributed by atoms with van der Waals surface area (Å²) >= 11 is 0. The Labute approximate surface area is 199 Å². The predicted octanol–water partition coefficient (Wildman–Crippen LogP) is 2.11. The van der Waals surface area contributed by atoms with E-state index in [2.05, 4.69) is 5.32 Å².